The first-order valence-electron chi connectivity index (χ1n) is 7.87. The van der Waals surface area contributed by atoms with E-state index in [0.717, 1.165) is 17.4 Å². The molecule has 0 radical (unpaired) electrons. The molecule has 1 aliphatic rings. The third-order valence-corrected chi connectivity index (χ3v) is 5.62. The molecule has 26 heavy (non-hydrogen) atoms. The molecule has 4 atom stereocenters. The Hall–Kier alpha value is -2.30. The van der Waals surface area contributed by atoms with Gasteiger partial charge in [0.1, 0.15) is 5.25 Å². The van der Waals surface area contributed by atoms with E-state index < -0.39 is 26.9 Å². The number of hydroxylamine groups is 1. The van der Waals surface area contributed by atoms with Gasteiger partial charge in [0, 0.05) is 36.6 Å². The number of aromatic nitrogens is 1. The summed E-state index contributed by atoms with van der Waals surface area (Å²) in [7, 11) is -3.49. The monoisotopic (exact) mass is 380 g/mol. The van der Waals surface area contributed by atoms with Gasteiger partial charge >= 0.3 is 0 Å². The minimum Gasteiger partial charge on any atom is -0.396 e. The van der Waals surface area contributed by atoms with Gasteiger partial charge in [0.05, 0.1) is 0 Å². The smallest absolute Gasteiger partial charge is 0.284 e. The molecule has 0 amide bonds. The van der Waals surface area contributed by atoms with E-state index in [1.807, 2.05) is 0 Å². The molecule has 1 saturated carbocycles. The van der Waals surface area contributed by atoms with E-state index in [1.54, 1.807) is 5.48 Å². The summed E-state index contributed by atoms with van der Waals surface area (Å²) in [5, 5.41) is 16.9. The van der Waals surface area contributed by atoms with E-state index >= 15 is 0 Å². The highest BCUT2D eigenvalue weighted by atomic mass is 32.2. The van der Waals surface area contributed by atoms with E-state index in [4.69, 9.17) is 15.2 Å². The van der Waals surface area contributed by atoms with Crippen LogP contribution in [-0.4, -0.2) is 47.8 Å². The maximum absolute atomic E-state index is 12.0. The Kier molecular flexibility index (Phi) is 6.46. The largest absolute Gasteiger partial charge is 0.396 e. The Morgan fingerprint density at radius 3 is 2.73 bits per heavy atom. The number of rotatable bonds is 6. The van der Waals surface area contributed by atoms with Crippen molar-refractivity contribution < 1.29 is 23.6 Å². The first kappa shape index (κ1) is 20.0. The summed E-state index contributed by atoms with van der Waals surface area (Å²) >= 11 is 0. The van der Waals surface area contributed by atoms with E-state index in [-0.39, 0.29) is 18.4 Å². The van der Waals surface area contributed by atoms with Gasteiger partial charge in [-0.2, -0.15) is 10.2 Å². The predicted octanol–water partition coefficient (Wildman–Crippen LogP) is -1.00. The van der Waals surface area contributed by atoms with Crippen molar-refractivity contribution in [2.75, 3.05) is 12.9 Å². The second-order valence-corrected chi connectivity index (χ2v) is 8.48. The maximum Gasteiger partial charge on any atom is 0.284 e. The molecule has 1 aliphatic carbocycles. The van der Waals surface area contributed by atoms with Crippen LogP contribution in [0.15, 0.2) is 23.1 Å². The van der Waals surface area contributed by atoms with E-state index in [9.17, 15) is 13.2 Å². The Bertz CT molecular complexity index is 932. The zero-order chi connectivity index (χ0) is 19.3. The zero-order valence-corrected chi connectivity index (χ0v) is 15.2. The molecule has 1 heterocycles. The van der Waals surface area contributed by atoms with Crippen LogP contribution in [0.2, 0.25) is 0 Å². The average Bonchev–Trinajstić information content (AvgIpc) is 3.35. The van der Waals surface area contributed by atoms with Crippen LogP contribution in [0.3, 0.4) is 0 Å². The number of nitrogens with zero attached hydrogens (tertiary/aromatic N) is 1. The van der Waals surface area contributed by atoms with Crippen LogP contribution in [0.1, 0.15) is 18.9 Å². The quantitative estimate of drug-likeness (QED) is 0.329. The fraction of sp³-hybridized carbons (Fsp3) is 0.471. The minimum absolute atomic E-state index is 0.132. The van der Waals surface area contributed by atoms with Gasteiger partial charge in [0.15, 0.2) is 9.84 Å². The van der Waals surface area contributed by atoms with Gasteiger partial charge in [-0.3, -0.25) is 4.79 Å². The number of aliphatic hydroxyl groups excluding tert-OH is 1. The van der Waals surface area contributed by atoms with Gasteiger partial charge in [-0.05, 0) is 37.2 Å². The molecule has 1 aromatic heterocycles. The molecule has 1 fully saturated rings. The predicted molar refractivity (Wildman–Crippen MR) is 93.6 cm³/mol. The summed E-state index contributed by atoms with van der Waals surface area (Å²) in [5.74, 6) is 11.4. The van der Waals surface area contributed by atoms with Crippen LogP contribution in [0.4, 0.5) is 0 Å². The van der Waals surface area contributed by atoms with E-state index in [2.05, 4.69) is 23.7 Å². The Labute approximate surface area is 151 Å². The van der Waals surface area contributed by atoms with Crippen LogP contribution in [0, 0.1) is 35.5 Å². The molecular formula is C17H20N2O6S. The number of aliphatic hydroxyl groups is 1. The number of nitrogens with one attached hydrogen (secondary N) is 1. The SMILES string of the molecule is CC(C(NO)On1ccc(C#CC#C[C@H]2CC2CO)cc1=O)S(C)(=O)=O. The van der Waals surface area contributed by atoms with Crippen LogP contribution in [-0.2, 0) is 9.84 Å². The molecule has 0 spiro atoms. The first-order chi connectivity index (χ1) is 12.3. The third-order valence-electron chi connectivity index (χ3n) is 4.03. The van der Waals surface area contributed by atoms with Crippen molar-refractivity contribution in [3.05, 3.63) is 34.2 Å². The summed E-state index contributed by atoms with van der Waals surface area (Å²) in [6, 6.07) is 2.71. The molecule has 2 rings (SSSR count). The van der Waals surface area contributed by atoms with Crippen molar-refractivity contribution in [3.63, 3.8) is 0 Å². The van der Waals surface area contributed by atoms with Crippen LogP contribution in [0.25, 0.3) is 0 Å². The second kappa shape index (κ2) is 8.39. The second-order valence-electron chi connectivity index (χ2n) is 6.07. The number of hydrogen-bond donors (Lipinski definition) is 3. The topological polar surface area (TPSA) is 118 Å². The van der Waals surface area contributed by atoms with Gasteiger partial charge in [-0.1, -0.05) is 11.8 Å². The summed E-state index contributed by atoms with van der Waals surface area (Å²) in [5.41, 5.74) is 1.58. The highest BCUT2D eigenvalue weighted by Gasteiger charge is 2.34. The Balaban J connectivity index is 2.06. The van der Waals surface area contributed by atoms with Gasteiger partial charge in [-0.25, -0.2) is 8.42 Å². The van der Waals surface area contributed by atoms with Crippen molar-refractivity contribution in [3.8, 4) is 23.7 Å². The summed E-state index contributed by atoms with van der Waals surface area (Å²) in [4.78, 5) is 17.2. The minimum atomic E-state index is -3.49. The van der Waals surface area contributed by atoms with Crippen molar-refractivity contribution in [1.29, 1.82) is 0 Å². The van der Waals surface area contributed by atoms with Crippen molar-refractivity contribution in [2.45, 2.75) is 24.8 Å². The number of sulfone groups is 1. The van der Waals surface area contributed by atoms with Gasteiger partial charge in [0.25, 0.3) is 5.56 Å². The van der Waals surface area contributed by atoms with Gasteiger partial charge in [-0.15, -0.1) is 0 Å². The maximum atomic E-state index is 12.0. The molecule has 0 aliphatic heterocycles. The van der Waals surface area contributed by atoms with Gasteiger partial charge in [0.2, 0.25) is 6.23 Å². The lowest BCUT2D eigenvalue weighted by molar-refractivity contribution is -0.0611. The van der Waals surface area contributed by atoms with E-state index in [0.29, 0.717) is 5.56 Å². The van der Waals surface area contributed by atoms with Crippen molar-refractivity contribution in [1.82, 2.24) is 10.2 Å². The molecule has 140 valence electrons. The lowest BCUT2D eigenvalue weighted by atomic mass is 10.2. The van der Waals surface area contributed by atoms with E-state index in [1.165, 1.54) is 25.3 Å². The standard InChI is InChI=1S/C17H20N2O6S/c1-12(26(2,23)24)17(18-22)25-19-8-7-13(9-16(19)21)5-3-4-6-14-10-15(14)11-20/h7-9,12,14-15,17-18,20,22H,10-11H2,1-2H3/t12?,14-,15?,17?/m0/s1. The highest BCUT2D eigenvalue weighted by Crippen LogP contribution is 2.36. The fourth-order valence-electron chi connectivity index (χ4n) is 2.05. The van der Waals surface area contributed by atoms with Crippen LogP contribution in [0.5, 0.6) is 0 Å². The summed E-state index contributed by atoms with van der Waals surface area (Å²) in [6.45, 7) is 1.47. The zero-order valence-electron chi connectivity index (χ0n) is 14.3. The molecule has 8 nitrogen and oxygen atoms in total. The van der Waals surface area contributed by atoms with Gasteiger partial charge < -0.3 is 15.2 Å². The van der Waals surface area contributed by atoms with Crippen LogP contribution < -0.4 is 15.9 Å². The molecule has 3 unspecified atom stereocenters. The van der Waals surface area contributed by atoms with Crippen molar-refractivity contribution in [2.24, 2.45) is 11.8 Å². The molecule has 0 aromatic carbocycles. The molecule has 1 aromatic rings. The molecule has 9 heteroatoms. The molecule has 3 N–H and O–H groups in total. The normalized spacial score (nSPS) is 20.8. The lowest BCUT2D eigenvalue weighted by Crippen LogP contribution is -2.49. The molecule has 0 bridgehead atoms. The summed E-state index contributed by atoms with van der Waals surface area (Å²) in [6.07, 6.45) is 1.84. The molecule has 0 saturated heterocycles. The van der Waals surface area contributed by atoms with Crippen molar-refractivity contribution >= 4 is 9.84 Å². The summed E-state index contributed by atoms with van der Waals surface area (Å²) < 4.78 is 23.9. The first-order valence-corrected chi connectivity index (χ1v) is 9.82. The van der Waals surface area contributed by atoms with Crippen LogP contribution >= 0.6 is 0 Å². The molecular weight excluding hydrogens is 360 g/mol. The fourth-order valence-corrected chi connectivity index (χ4v) is 2.61. The third kappa shape index (κ3) is 5.35. The number of hydrogen-bond acceptors (Lipinski definition) is 7. The highest BCUT2D eigenvalue weighted by molar-refractivity contribution is 7.91. The number of pyridine rings is 1. The average molecular weight is 380 g/mol. The Morgan fingerprint density at radius 2 is 2.19 bits per heavy atom. The lowest BCUT2D eigenvalue weighted by Gasteiger charge is -2.22. The Morgan fingerprint density at radius 1 is 1.46 bits per heavy atom.